The third kappa shape index (κ3) is 6.78. The lowest BCUT2D eigenvalue weighted by Crippen LogP contribution is -2.41. The number of halogens is 10. The van der Waals surface area contributed by atoms with Crippen molar-refractivity contribution in [2.75, 3.05) is 13.2 Å². The summed E-state index contributed by atoms with van der Waals surface area (Å²) in [6, 6.07) is 0. The Morgan fingerprint density at radius 3 is 1.48 bits per heavy atom. The summed E-state index contributed by atoms with van der Waals surface area (Å²) in [7, 11) is 0. The number of ether oxygens (including phenoxy) is 2. The first-order valence-electron chi connectivity index (χ1n) is 5.82. The van der Waals surface area contributed by atoms with Crippen LogP contribution in [0.5, 0.6) is 0 Å². The van der Waals surface area contributed by atoms with Gasteiger partial charge in [0.2, 0.25) is 0 Å². The monoisotopic (exact) mass is 394 g/mol. The molecule has 0 spiro atoms. The van der Waals surface area contributed by atoms with Crippen LogP contribution in [0.4, 0.5) is 43.9 Å². The summed E-state index contributed by atoms with van der Waals surface area (Å²) in [5, 5.41) is 0. The molecule has 0 saturated carbocycles. The van der Waals surface area contributed by atoms with Gasteiger partial charge in [0, 0.05) is 11.6 Å². The molecule has 0 aliphatic rings. The Kier molecular flexibility index (Phi) is 6.87. The van der Waals surface area contributed by atoms with Crippen LogP contribution < -0.4 is 0 Å². The molecule has 0 unspecified atom stereocenters. The van der Waals surface area contributed by atoms with Crippen molar-refractivity contribution >= 4 is 11.9 Å². The molecule has 0 aromatic carbocycles. The average Bonchev–Trinajstić information content (AvgIpc) is 2.40. The van der Waals surface area contributed by atoms with Crippen molar-refractivity contribution in [3.8, 4) is 0 Å². The highest BCUT2D eigenvalue weighted by atomic mass is 19.4. The highest BCUT2D eigenvalue weighted by molar-refractivity contribution is 5.95. The van der Waals surface area contributed by atoms with Crippen molar-refractivity contribution in [3.05, 3.63) is 11.6 Å². The topological polar surface area (TPSA) is 52.6 Å². The van der Waals surface area contributed by atoms with Gasteiger partial charge in [-0.2, -0.15) is 43.9 Å². The maximum Gasteiger partial charge on any atom is 0.456 e. The minimum absolute atomic E-state index is 0.0134. The lowest BCUT2D eigenvalue weighted by atomic mass is 10.3. The molecule has 0 fully saturated rings. The first-order valence-corrected chi connectivity index (χ1v) is 5.82. The Hall–Kier alpha value is -2.02. The van der Waals surface area contributed by atoms with Crippen LogP contribution in [0.3, 0.4) is 0 Å². The highest BCUT2D eigenvalue weighted by Crippen LogP contribution is 2.36. The normalized spacial score (nSPS) is 14.3. The fraction of sp³-hybridized carbons (Fsp3) is 0.636. The molecule has 0 aliphatic heterocycles. The van der Waals surface area contributed by atoms with Gasteiger partial charge in [-0.15, -0.1) is 0 Å². The predicted molar refractivity (Wildman–Crippen MR) is 57.7 cm³/mol. The predicted octanol–water partition coefficient (Wildman–Crippen LogP) is 3.41. The molecule has 0 rings (SSSR count). The van der Waals surface area contributed by atoms with E-state index in [2.05, 4.69) is 9.47 Å². The fourth-order valence-electron chi connectivity index (χ4n) is 0.873. The second kappa shape index (κ2) is 7.47. The summed E-state index contributed by atoms with van der Waals surface area (Å²) < 4.78 is 128. The van der Waals surface area contributed by atoms with Crippen molar-refractivity contribution in [1.82, 2.24) is 0 Å². The van der Waals surface area contributed by atoms with Crippen molar-refractivity contribution in [3.63, 3.8) is 0 Å². The zero-order valence-corrected chi connectivity index (χ0v) is 11.9. The lowest BCUT2D eigenvalue weighted by Gasteiger charge is -2.19. The van der Waals surface area contributed by atoms with Gasteiger partial charge in [-0.1, -0.05) is 0 Å². The molecule has 25 heavy (non-hydrogen) atoms. The number of carbonyl (C=O) groups excluding carboxylic acids is 2. The van der Waals surface area contributed by atoms with Crippen molar-refractivity contribution < 1.29 is 63.0 Å². The van der Waals surface area contributed by atoms with Crippen molar-refractivity contribution in [1.29, 1.82) is 0 Å². The van der Waals surface area contributed by atoms with Gasteiger partial charge in [-0.3, -0.25) is 0 Å². The van der Waals surface area contributed by atoms with Crippen LogP contribution in [0, 0.1) is 0 Å². The van der Waals surface area contributed by atoms with Crippen LogP contribution in [-0.2, 0) is 19.1 Å². The number of esters is 2. The molecule has 0 atom stereocenters. The molecular weight excluding hydrogens is 386 g/mol. The molecule has 0 radical (unpaired) electrons. The summed E-state index contributed by atoms with van der Waals surface area (Å²) in [6.07, 6.45) is -12.1. The van der Waals surface area contributed by atoms with E-state index in [9.17, 15) is 53.5 Å². The maximum atomic E-state index is 12.5. The number of hydrogen-bond acceptors (Lipinski definition) is 4. The summed E-state index contributed by atoms with van der Waals surface area (Å²) >= 11 is 0. The Bertz CT molecular complexity index is 532. The molecule has 0 heterocycles. The zero-order valence-electron chi connectivity index (χ0n) is 11.9. The Labute approximate surface area is 132 Å². The molecule has 0 amide bonds. The van der Waals surface area contributed by atoms with Gasteiger partial charge < -0.3 is 9.47 Å². The lowest BCUT2D eigenvalue weighted by molar-refractivity contribution is -0.294. The molecular formula is C11H8F10O4. The van der Waals surface area contributed by atoms with E-state index in [1.165, 1.54) is 0 Å². The van der Waals surface area contributed by atoms with Crippen molar-refractivity contribution in [2.24, 2.45) is 0 Å². The second-order valence-corrected chi connectivity index (χ2v) is 4.42. The van der Waals surface area contributed by atoms with E-state index in [1.807, 2.05) is 0 Å². The van der Waals surface area contributed by atoms with Gasteiger partial charge in [-0.05, 0) is 6.92 Å². The van der Waals surface area contributed by atoms with E-state index in [0.717, 1.165) is 0 Å². The number of rotatable bonds is 6. The average molecular weight is 394 g/mol. The van der Waals surface area contributed by atoms with E-state index in [1.54, 1.807) is 0 Å². The Balaban J connectivity index is 4.71. The Morgan fingerprint density at radius 2 is 1.12 bits per heavy atom. The fourth-order valence-corrected chi connectivity index (χ4v) is 0.873. The molecule has 0 aromatic heterocycles. The third-order valence-corrected chi connectivity index (χ3v) is 2.27. The van der Waals surface area contributed by atoms with Crippen LogP contribution in [-0.4, -0.2) is 49.4 Å². The molecule has 0 aromatic rings. The number of carbonyl (C=O) groups is 2. The summed E-state index contributed by atoms with van der Waals surface area (Å²) in [5.41, 5.74) is -0.974. The van der Waals surface area contributed by atoms with Crippen LogP contribution in [0.25, 0.3) is 0 Å². The molecule has 0 bridgehead atoms. The first kappa shape index (κ1) is 23.0. The summed E-state index contributed by atoms with van der Waals surface area (Å²) in [4.78, 5) is 22.0. The van der Waals surface area contributed by atoms with Crippen LogP contribution >= 0.6 is 0 Å². The maximum absolute atomic E-state index is 12.5. The van der Waals surface area contributed by atoms with Crippen LogP contribution in [0.1, 0.15) is 6.92 Å². The van der Waals surface area contributed by atoms with E-state index >= 15 is 0 Å². The van der Waals surface area contributed by atoms with Gasteiger partial charge in [-0.25, -0.2) is 9.59 Å². The van der Waals surface area contributed by atoms with E-state index in [0.29, 0.717) is 6.92 Å². The standard InChI is InChI=1S/C11H8F10O4/c1-5(7(23)25-4-9(14,15)11(19,20)21)2-6(22)24-3-8(12,13)10(16,17)18/h2H,3-4H2,1H3/b5-2+. The van der Waals surface area contributed by atoms with Gasteiger partial charge in [0.25, 0.3) is 0 Å². The van der Waals surface area contributed by atoms with Gasteiger partial charge in [0.15, 0.2) is 13.2 Å². The first-order chi connectivity index (χ1) is 10.9. The van der Waals surface area contributed by atoms with E-state index < -0.39 is 54.9 Å². The minimum Gasteiger partial charge on any atom is -0.456 e. The number of alkyl halides is 10. The largest absolute Gasteiger partial charge is 0.456 e. The van der Waals surface area contributed by atoms with Crippen LogP contribution in [0.15, 0.2) is 11.6 Å². The zero-order chi connectivity index (χ0) is 20.3. The Morgan fingerprint density at radius 1 is 0.760 bits per heavy atom. The summed E-state index contributed by atoms with van der Waals surface area (Å²) in [5.74, 6) is -14.6. The van der Waals surface area contributed by atoms with Gasteiger partial charge in [0.1, 0.15) is 0 Å². The second-order valence-electron chi connectivity index (χ2n) is 4.42. The summed E-state index contributed by atoms with van der Waals surface area (Å²) in [6.45, 7) is -4.22. The number of hydrogen-bond donors (Lipinski definition) is 0. The highest BCUT2D eigenvalue weighted by Gasteiger charge is 2.59. The molecule has 0 saturated heterocycles. The molecule has 14 heteroatoms. The van der Waals surface area contributed by atoms with Gasteiger partial charge in [0.05, 0.1) is 0 Å². The van der Waals surface area contributed by atoms with Gasteiger partial charge >= 0.3 is 36.1 Å². The van der Waals surface area contributed by atoms with E-state index in [-0.39, 0.29) is 6.08 Å². The third-order valence-electron chi connectivity index (χ3n) is 2.27. The molecule has 0 N–H and O–H groups in total. The molecule has 146 valence electrons. The van der Waals surface area contributed by atoms with E-state index in [4.69, 9.17) is 0 Å². The van der Waals surface area contributed by atoms with Crippen molar-refractivity contribution in [2.45, 2.75) is 31.1 Å². The SMILES string of the molecule is C/C(=C\C(=O)OCC(F)(F)C(F)(F)F)C(=O)OCC(F)(F)C(F)(F)F. The van der Waals surface area contributed by atoms with Crippen LogP contribution in [0.2, 0.25) is 0 Å². The molecule has 0 aliphatic carbocycles. The quantitative estimate of drug-likeness (QED) is 0.394. The molecule has 4 nitrogen and oxygen atoms in total. The minimum atomic E-state index is -6.02. The smallest absolute Gasteiger partial charge is 0.456 e.